The zero-order valence-corrected chi connectivity index (χ0v) is 6.75. The molecule has 1 aromatic heterocycles. The van der Waals surface area contributed by atoms with Crippen LogP contribution >= 0.6 is 0 Å². The van der Waals surface area contributed by atoms with Crippen molar-refractivity contribution in [1.29, 1.82) is 0 Å². The van der Waals surface area contributed by atoms with E-state index in [1.54, 1.807) is 0 Å². The van der Waals surface area contributed by atoms with Crippen LogP contribution in [0, 0.1) is 15.0 Å². The van der Waals surface area contributed by atoms with Crippen LogP contribution in [0.15, 0.2) is 23.6 Å². The van der Waals surface area contributed by atoms with Crippen LogP contribution < -0.4 is 5.01 Å². The molecule has 0 spiro atoms. The number of aromatic nitrogens is 1. The molecule has 0 amide bonds. The Labute approximate surface area is 73.1 Å². The van der Waals surface area contributed by atoms with Gasteiger partial charge in [0, 0.05) is 13.1 Å². The summed E-state index contributed by atoms with van der Waals surface area (Å²) in [7, 11) is 1.40. The highest BCUT2D eigenvalue weighted by molar-refractivity contribution is 5.41. The highest BCUT2D eigenvalue weighted by atomic mass is 16.6. The van der Waals surface area contributed by atoms with Gasteiger partial charge in [-0.05, 0) is 6.07 Å². The van der Waals surface area contributed by atoms with Gasteiger partial charge in [0.1, 0.15) is 6.20 Å². The molecule has 0 bridgehead atoms. The maximum Gasteiger partial charge on any atom is 0.287 e. The summed E-state index contributed by atoms with van der Waals surface area (Å²) in [6.45, 7) is 0. The summed E-state index contributed by atoms with van der Waals surface area (Å²) in [5.74, 6) is 0.264. The Morgan fingerprint density at radius 3 is 2.69 bits per heavy atom. The van der Waals surface area contributed by atoms with Crippen LogP contribution in [0.1, 0.15) is 0 Å². The average molecular weight is 182 g/mol. The predicted molar refractivity (Wildman–Crippen MR) is 45.1 cm³/mol. The van der Waals surface area contributed by atoms with Gasteiger partial charge in [0.2, 0.25) is 0 Å². The molecule has 0 saturated heterocycles. The number of nitro groups is 1. The maximum absolute atomic E-state index is 10.2. The maximum atomic E-state index is 10.2. The summed E-state index contributed by atoms with van der Waals surface area (Å²) >= 11 is 0. The van der Waals surface area contributed by atoms with Crippen LogP contribution in [0.3, 0.4) is 0 Å². The first kappa shape index (κ1) is 9.04. The number of hydrogen-bond donors (Lipinski definition) is 0. The summed E-state index contributed by atoms with van der Waals surface area (Å²) in [5, 5.41) is 13.8. The van der Waals surface area contributed by atoms with Gasteiger partial charge in [-0.2, -0.15) is 0 Å². The second-order valence-corrected chi connectivity index (χ2v) is 2.24. The molecule has 0 radical (unpaired) electrons. The molecule has 0 aliphatic rings. The summed E-state index contributed by atoms with van der Waals surface area (Å²) < 4.78 is 0. The van der Waals surface area contributed by atoms with Gasteiger partial charge in [0.25, 0.3) is 5.69 Å². The van der Waals surface area contributed by atoms with Crippen molar-refractivity contribution in [2.45, 2.75) is 0 Å². The molecule has 0 aliphatic carbocycles. The van der Waals surface area contributed by atoms with E-state index >= 15 is 0 Å². The van der Waals surface area contributed by atoms with Gasteiger partial charge in [-0.15, -0.1) is 4.91 Å². The number of anilines is 1. The lowest BCUT2D eigenvalue weighted by atomic mass is 10.4. The fraction of sp³-hybridized carbons (Fsp3) is 0.167. The van der Waals surface area contributed by atoms with Crippen LogP contribution in [-0.2, 0) is 0 Å². The monoisotopic (exact) mass is 182 g/mol. The number of nitroso groups, excluding NO2 is 1. The smallest absolute Gasteiger partial charge is 0.258 e. The Bertz CT molecular complexity index is 323. The number of pyridine rings is 1. The minimum atomic E-state index is -0.564. The minimum Gasteiger partial charge on any atom is -0.258 e. The quantitative estimate of drug-likeness (QED) is 0.396. The third-order valence-electron chi connectivity index (χ3n) is 1.40. The molecule has 0 aliphatic heterocycles. The molecular weight excluding hydrogens is 176 g/mol. The highest BCUT2D eigenvalue weighted by Crippen LogP contribution is 2.14. The Morgan fingerprint density at radius 1 is 1.62 bits per heavy atom. The zero-order valence-electron chi connectivity index (χ0n) is 6.75. The van der Waals surface area contributed by atoms with E-state index in [9.17, 15) is 15.0 Å². The van der Waals surface area contributed by atoms with Crippen LogP contribution in [0.2, 0.25) is 0 Å². The minimum absolute atomic E-state index is 0.122. The largest absolute Gasteiger partial charge is 0.287 e. The van der Waals surface area contributed by atoms with Crippen molar-refractivity contribution in [2.24, 2.45) is 5.29 Å². The molecule has 1 aromatic rings. The van der Waals surface area contributed by atoms with Gasteiger partial charge in [0.15, 0.2) is 5.82 Å². The van der Waals surface area contributed by atoms with Crippen molar-refractivity contribution in [3.63, 3.8) is 0 Å². The molecule has 7 heteroatoms. The first-order valence-corrected chi connectivity index (χ1v) is 3.32. The molecule has 7 nitrogen and oxygen atoms in total. The standard InChI is InChI=1S/C6H6N4O3/c1-9(8-11)6-3-2-5(4-7-6)10(12)13/h2-4H,1H3. The van der Waals surface area contributed by atoms with E-state index < -0.39 is 4.92 Å². The Balaban J connectivity index is 2.93. The van der Waals surface area contributed by atoms with E-state index in [2.05, 4.69) is 10.3 Å². The van der Waals surface area contributed by atoms with Gasteiger partial charge >= 0.3 is 0 Å². The molecule has 0 aromatic carbocycles. The average Bonchev–Trinajstić information content (AvgIpc) is 2.17. The molecule has 1 heterocycles. The fourth-order valence-electron chi connectivity index (χ4n) is 0.720. The van der Waals surface area contributed by atoms with Gasteiger partial charge < -0.3 is 0 Å². The molecule has 0 saturated carbocycles. The van der Waals surface area contributed by atoms with Crippen LogP contribution in [-0.4, -0.2) is 17.0 Å². The van der Waals surface area contributed by atoms with Gasteiger partial charge in [-0.3, -0.25) is 10.1 Å². The molecule has 0 atom stereocenters. The van der Waals surface area contributed by atoms with Crippen molar-refractivity contribution < 1.29 is 4.92 Å². The lowest BCUT2D eigenvalue weighted by Gasteiger charge is -2.05. The van der Waals surface area contributed by atoms with Crippen molar-refractivity contribution in [2.75, 3.05) is 12.1 Å². The lowest BCUT2D eigenvalue weighted by Crippen LogP contribution is -2.08. The van der Waals surface area contributed by atoms with E-state index in [4.69, 9.17) is 0 Å². The molecular formula is C6H6N4O3. The van der Waals surface area contributed by atoms with Gasteiger partial charge in [0.05, 0.1) is 10.2 Å². The summed E-state index contributed by atoms with van der Waals surface area (Å²) in [6.07, 6.45) is 1.07. The molecule has 13 heavy (non-hydrogen) atoms. The number of rotatable bonds is 3. The number of hydrogen-bond acceptors (Lipinski definition) is 5. The van der Waals surface area contributed by atoms with Crippen molar-refractivity contribution in [3.05, 3.63) is 33.4 Å². The second-order valence-electron chi connectivity index (χ2n) is 2.24. The van der Waals surface area contributed by atoms with Gasteiger partial charge in [-0.25, -0.2) is 9.99 Å². The predicted octanol–water partition coefficient (Wildman–Crippen LogP) is 1.11. The highest BCUT2D eigenvalue weighted by Gasteiger charge is 2.07. The van der Waals surface area contributed by atoms with E-state index in [1.807, 2.05) is 0 Å². The molecule has 0 N–H and O–H groups in total. The normalized spacial score (nSPS) is 9.31. The molecule has 1 rings (SSSR count). The van der Waals surface area contributed by atoms with E-state index in [1.165, 1.54) is 19.2 Å². The summed E-state index contributed by atoms with van der Waals surface area (Å²) in [5.41, 5.74) is -0.122. The Kier molecular flexibility index (Phi) is 2.48. The van der Waals surface area contributed by atoms with E-state index in [-0.39, 0.29) is 11.5 Å². The SMILES string of the molecule is CN(N=O)c1ccc([N+](=O)[O-])cn1. The summed E-state index contributed by atoms with van der Waals surface area (Å²) in [4.78, 5) is 23.3. The van der Waals surface area contributed by atoms with Crippen molar-refractivity contribution in [3.8, 4) is 0 Å². The molecule has 0 fully saturated rings. The molecule has 68 valence electrons. The Hall–Kier alpha value is -2.05. The van der Waals surface area contributed by atoms with Crippen LogP contribution in [0.4, 0.5) is 11.5 Å². The van der Waals surface area contributed by atoms with Crippen molar-refractivity contribution in [1.82, 2.24) is 4.98 Å². The zero-order chi connectivity index (χ0) is 9.84. The first-order valence-electron chi connectivity index (χ1n) is 3.32. The Morgan fingerprint density at radius 2 is 2.31 bits per heavy atom. The second kappa shape index (κ2) is 3.57. The number of nitrogens with zero attached hydrogens (tertiary/aromatic N) is 4. The topological polar surface area (TPSA) is 88.7 Å². The molecule has 0 unspecified atom stereocenters. The van der Waals surface area contributed by atoms with E-state index in [0.717, 1.165) is 11.2 Å². The lowest BCUT2D eigenvalue weighted by molar-refractivity contribution is -0.385. The van der Waals surface area contributed by atoms with E-state index in [0.29, 0.717) is 0 Å². The third kappa shape index (κ3) is 1.95. The van der Waals surface area contributed by atoms with Crippen LogP contribution in [0.25, 0.3) is 0 Å². The fourth-order valence-corrected chi connectivity index (χ4v) is 0.720. The van der Waals surface area contributed by atoms with Crippen LogP contribution in [0.5, 0.6) is 0 Å². The summed E-state index contributed by atoms with van der Waals surface area (Å²) in [6, 6.07) is 2.60. The van der Waals surface area contributed by atoms with Crippen molar-refractivity contribution >= 4 is 11.5 Å². The third-order valence-corrected chi connectivity index (χ3v) is 1.40. The first-order chi connectivity index (χ1) is 6.15. The van der Waals surface area contributed by atoms with Gasteiger partial charge in [-0.1, -0.05) is 0 Å².